The van der Waals surface area contributed by atoms with Crippen LogP contribution >= 0.6 is 12.4 Å². The van der Waals surface area contributed by atoms with E-state index in [9.17, 15) is 9.18 Å². The summed E-state index contributed by atoms with van der Waals surface area (Å²) >= 11 is 0. The van der Waals surface area contributed by atoms with Gasteiger partial charge in [0.05, 0.1) is 36.3 Å². The van der Waals surface area contributed by atoms with Gasteiger partial charge in [-0.3, -0.25) is 4.79 Å². The molecule has 1 saturated heterocycles. The summed E-state index contributed by atoms with van der Waals surface area (Å²) in [7, 11) is 1.64. The highest BCUT2D eigenvalue weighted by Gasteiger charge is 2.32. The van der Waals surface area contributed by atoms with Crippen LogP contribution in [-0.4, -0.2) is 47.3 Å². The van der Waals surface area contributed by atoms with E-state index >= 15 is 0 Å². The van der Waals surface area contributed by atoms with Crippen LogP contribution in [0.2, 0.25) is 0 Å². The van der Waals surface area contributed by atoms with Gasteiger partial charge < -0.3 is 15.0 Å². The number of hydrogen-bond acceptors (Lipinski definition) is 4. The number of hydrogen-bond donors (Lipinski definition) is 1. The summed E-state index contributed by atoms with van der Waals surface area (Å²) in [5.74, 6) is 0.376. The van der Waals surface area contributed by atoms with Gasteiger partial charge in [0.1, 0.15) is 11.6 Å². The summed E-state index contributed by atoms with van der Waals surface area (Å²) in [5.41, 5.74) is 2.94. The first kappa shape index (κ1) is 21.8. The van der Waals surface area contributed by atoms with E-state index in [1.807, 2.05) is 36.1 Å². The van der Waals surface area contributed by atoms with E-state index < -0.39 is 0 Å². The first-order chi connectivity index (χ1) is 14.1. The lowest BCUT2D eigenvalue weighted by molar-refractivity contribution is 0.0631. The third-order valence-corrected chi connectivity index (χ3v) is 5.31. The maximum absolute atomic E-state index is 13.4. The predicted octanol–water partition coefficient (Wildman–Crippen LogP) is 3.54. The Balaban J connectivity index is 0.00000256. The first-order valence-corrected chi connectivity index (χ1v) is 9.55. The molecular formula is C22H24ClFN4O2. The Labute approximate surface area is 181 Å². The van der Waals surface area contributed by atoms with Crippen LogP contribution in [0.5, 0.6) is 5.75 Å². The Morgan fingerprint density at radius 1 is 1.20 bits per heavy atom. The van der Waals surface area contributed by atoms with Gasteiger partial charge in [-0.15, -0.1) is 12.4 Å². The van der Waals surface area contributed by atoms with Gasteiger partial charge in [0.25, 0.3) is 5.91 Å². The molecule has 1 aliphatic rings. The fourth-order valence-electron chi connectivity index (χ4n) is 3.78. The Morgan fingerprint density at radius 2 is 1.93 bits per heavy atom. The molecule has 6 nitrogen and oxygen atoms in total. The molecule has 4 rings (SSSR count). The Hall–Kier alpha value is -2.90. The number of ether oxygens (including phenoxy) is 1. The standard InChI is InChI=1S/C22H23FN4O2.ClH/c1-15-19(13-25-27(15)17-9-7-16(23)8-10-17)22(28)26-12-11-24-14-20(26)18-5-3-4-6-21(18)29-2;/h3-10,13,20,24H,11-12,14H2,1-2H3;1H. The average molecular weight is 431 g/mol. The van der Waals surface area contributed by atoms with Crippen LogP contribution in [0.1, 0.15) is 27.7 Å². The van der Waals surface area contributed by atoms with Gasteiger partial charge in [0.2, 0.25) is 0 Å². The summed E-state index contributed by atoms with van der Waals surface area (Å²) in [6.07, 6.45) is 1.59. The third kappa shape index (κ3) is 4.04. The molecular weight excluding hydrogens is 407 g/mol. The maximum atomic E-state index is 13.4. The molecule has 158 valence electrons. The van der Waals surface area contributed by atoms with Crippen LogP contribution in [-0.2, 0) is 0 Å². The van der Waals surface area contributed by atoms with Crippen LogP contribution < -0.4 is 10.1 Å². The second-order valence-corrected chi connectivity index (χ2v) is 6.99. The van der Waals surface area contributed by atoms with Crippen LogP contribution in [0, 0.1) is 12.7 Å². The van der Waals surface area contributed by atoms with Crippen molar-refractivity contribution in [1.29, 1.82) is 0 Å². The van der Waals surface area contributed by atoms with Crippen LogP contribution in [0.15, 0.2) is 54.7 Å². The fourth-order valence-corrected chi connectivity index (χ4v) is 3.78. The van der Waals surface area contributed by atoms with Crippen LogP contribution in [0.25, 0.3) is 5.69 Å². The summed E-state index contributed by atoms with van der Waals surface area (Å²) in [4.78, 5) is 15.3. The largest absolute Gasteiger partial charge is 0.496 e. The minimum absolute atomic E-state index is 0. The zero-order valence-corrected chi connectivity index (χ0v) is 17.7. The molecule has 8 heteroatoms. The van der Waals surface area contributed by atoms with Gasteiger partial charge in [-0.25, -0.2) is 9.07 Å². The monoisotopic (exact) mass is 430 g/mol. The lowest BCUT2D eigenvalue weighted by atomic mass is 10.0. The third-order valence-electron chi connectivity index (χ3n) is 5.31. The summed E-state index contributed by atoms with van der Waals surface area (Å²) in [6.45, 7) is 3.81. The van der Waals surface area contributed by atoms with Crippen molar-refractivity contribution >= 4 is 18.3 Å². The molecule has 0 saturated carbocycles. The number of piperazine rings is 1. The minimum Gasteiger partial charge on any atom is -0.496 e. The Morgan fingerprint density at radius 3 is 2.67 bits per heavy atom. The van der Waals surface area contributed by atoms with Gasteiger partial charge in [-0.2, -0.15) is 5.10 Å². The molecule has 1 amide bonds. The lowest BCUT2D eigenvalue weighted by Gasteiger charge is -2.37. The molecule has 2 aromatic carbocycles. The molecule has 2 heterocycles. The Kier molecular flexibility index (Phi) is 6.74. The summed E-state index contributed by atoms with van der Waals surface area (Å²) in [6, 6.07) is 13.7. The van der Waals surface area contributed by atoms with Gasteiger partial charge in [0, 0.05) is 25.2 Å². The van der Waals surface area contributed by atoms with Crippen molar-refractivity contribution < 1.29 is 13.9 Å². The number of nitrogens with one attached hydrogen (secondary N) is 1. The number of rotatable bonds is 4. The SMILES string of the molecule is COc1ccccc1C1CNCCN1C(=O)c1cnn(-c2ccc(F)cc2)c1C.Cl. The lowest BCUT2D eigenvalue weighted by Crippen LogP contribution is -2.48. The first-order valence-electron chi connectivity index (χ1n) is 9.55. The highest BCUT2D eigenvalue weighted by Crippen LogP contribution is 2.31. The number of para-hydroxylation sites is 1. The molecule has 0 aliphatic carbocycles. The summed E-state index contributed by atoms with van der Waals surface area (Å²) < 4.78 is 20.4. The topological polar surface area (TPSA) is 59.4 Å². The molecule has 0 bridgehead atoms. The molecule has 1 atom stereocenters. The van der Waals surface area contributed by atoms with Crippen LogP contribution in [0.3, 0.4) is 0 Å². The van der Waals surface area contributed by atoms with E-state index in [1.54, 1.807) is 30.1 Å². The number of aromatic nitrogens is 2. The number of nitrogens with zero attached hydrogens (tertiary/aromatic N) is 3. The van der Waals surface area contributed by atoms with E-state index in [1.165, 1.54) is 12.1 Å². The van der Waals surface area contributed by atoms with E-state index in [4.69, 9.17) is 4.74 Å². The maximum Gasteiger partial charge on any atom is 0.257 e. The number of amides is 1. The molecule has 1 N–H and O–H groups in total. The van der Waals surface area contributed by atoms with Gasteiger partial charge >= 0.3 is 0 Å². The number of methoxy groups -OCH3 is 1. The highest BCUT2D eigenvalue weighted by molar-refractivity contribution is 5.95. The number of benzene rings is 2. The molecule has 0 spiro atoms. The van der Waals surface area contributed by atoms with Crippen molar-refractivity contribution in [2.45, 2.75) is 13.0 Å². The molecule has 3 aromatic rings. The van der Waals surface area contributed by atoms with Crippen molar-refractivity contribution in [1.82, 2.24) is 20.0 Å². The second-order valence-electron chi connectivity index (χ2n) is 6.99. The highest BCUT2D eigenvalue weighted by atomic mass is 35.5. The normalized spacial score (nSPS) is 16.1. The van der Waals surface area contributed by atoms with Gasteiger partial charge in [-0.05, 0) is 37.3 Å². The van der Waals surface area contributed by atoms with Crippen LogP contribution in [0.4, 0.5) is 4.39 Å². The van der Waals surface area contributed by atoms with Crippen molar-refractivity contribution in [3.05, 3.63) is 77.4 Å². The number of carbonyl (C=O) groups excluding carboxylic acids is 1. The molecule has 1 aliphatic heterocycles. The molecule has 30 heavy (non-hydrogen) atoms. The number of halogens is 2. The zero-order valence-electron chi connectivity index (χ0n) is 16.8. The quantitative estimate of drug-likeness (QED) is 0.687. The predicted molar refractivity (Wildman–Crippen MR) is 115 cm³/mol. The fraction of sp³-hybridized carbons (Fsp3) is 0.273. The van der Waals surface area contributed by atoms with Crippen molar-refractivity contribution in [3.8, 4) is 11.4 Å². The van der Waals surface area contributed by atoms with E-state index in [0.717, 1.165) is 23.6 Å². The average Bonchev–Trinajstić information content (AvgIpc) is 3.15. The van der Waals surface area contributed by atoms with Crippen molar-refractivity contribution in [3.63, 3.8) is 0 Å². The number of carbonyl (C=O) groups is 1. The van der Waals surface area contributed by atoms with Gasteiger partial charge in [0.15, 0.2) is 0 Å². The second kappa shape index (κ2) is 9.28. The van der Waals surface area contributed by atoms with Crippen molar-refractivity contribution in [2.24, 2.45) is 0 Å². The Bertz CT molecular complexity index is 1020. The smallest absolute Gasteiger partial charge is 0.257 e. The molecule has 0 radical (unpaired) electrons. The van der Waals surface area contributed by atoms with Gasteiger partial charge in [-0.1, -0.05) is 18.2 Å². The van der Waals surface area contributed by atoms with E-state index in [0.29, 0.717) is 24.3 Å². The zero-order chi connectivity index (χ0) is 20.4. The summed E-state index contributed by atoms with van der Waals surface area (Å²) in [5, 5.41) is 7.74. The van der Waals surface area contributed by atoms with Crippen molar-refractivity contribution in [2.75, 3.05) is 26.7 Å². The van der Waals surface area contributed by atoms with E-state index in [2.05, 4.69) is 10.4 Å². The molecule has 1 fully saturated rings. The molecule has 1 aromatic heterocycles. The minimum atomic E-state index is -0.310. The molecule has 1 unspecified atom stereocenters. The van der Waals surface area contributed by atoms with E-state index in [-0.39, 0.29) is 30.2 Å².